The van der Waals surface area contributed by atoms with Gasteiger partial charge in [0.15, 0.2) is 5.76 Å². The number of carbonyl (C=O) groups excluding carboxylic acids is 2. The summed E-state index contributed by atoms with van der Waals surface area (Å²) in [4.78, 5) is 23.2. The van der Waals surface area contributed by atoms with Crippen LogP contribution in [0.2, 0.25) is 0 Å². The molecule has 0 aliphatic heterocycles. The fourth-order valence-electron chi connectivity index (χ4n) is 1.59. The zero-order valence-corrected chi connectivity index (χ0v) is 11.6. The molecule has 0 radical (unpaired) electrons. The summed E-state index contributed by atoms with van der Waals surface area (Å²) in [6.45, 7) is 5.22. The monoisotopic (exact) mass is 281 g/mol. The highest BCUT2D eigenvalue weighted by atomic mass is 16.3. The van der Waals surface area contributed by atoms with Crippen molar-refractivity contribution in [3.05, 3.63) is 72.2 Å². The predicted octanol–water partition coefficient (Wildman–Crippen LogP) is 3.69. The van der Waals surface area contributed by atoms with E-state index in [2.05, 4.69) is 11.9 Å². The van der Waals surface area contributed by atoms with E-state index in [1.54, 1.807) is 49.4 Å². The third kappa shape index (κ3) is 4.04. The lowest BCUT2D eigenvalue weighted by Gasteiger charge is -2.04. The van der Waals surface area contributed by atoms with Gasteiger partial charge in [-0.3, -0.25) is 9.59 Å². The molecule has 0 unspecified atom stereocenters. The van der Waals surface area contributed by atoms with Gasteiger partial charge in [0.05, 0.1) is 6.26 Å². The van der Waals surface area contributed by atoms with Crippen LogP contribution >= 0.6 is 0 Å². The number of benzene rings is 1. The van der Waals surface area contributed by atoms with Crippen molar-refractivity contribution >= 4 is 23.5 Å². The van der Waals surface area contributed by atoms with Gasteiger partial charge >= 0.3 is 0 Å². The van der Waals surface area contributed by atoms with Crippen molar-refractivity contribution < 1.29 is 14.0 Å². The van der Waals surface area contributed by atoms with Crippen molar-refractivity contribution in [3.63, 3.8) is 0 Å². The van der Waals surface area contributed by atoms with Gasteiger partial charge in [0.2, 0.25) is 5.78 Å². The maximum absolute atomic E-state index is 11.7. The molecule has 0 saturated carbocycles. The maximum atomic E-state index is 11.7. The minimum atomic E-state index is -0.216. The molecule has 4 heteroatoms. The Bertz CT molecular complexity index is 679. The number of nitrogens with one attached hydrogen (secondary N) is 1. The molecule has 21 heavy (non-hydrogen) atoms. The first-order chi connectivity index (χ1) is 10.1. The van der Waals surface area contributed by atoms with Gasteiger partial charge in [-0.2, -0.15) is 0 Å². The first-order valence-electron chi connectivity index (χ1n) is 6.39. The molecule has 1 amide bonds. The Morgan fingerprint density at radius 3 is 2.48 bits per heavy atom. The Hall–Kier alpha value is -2.88. The van der Waals surface area contributed by atoms with Crippen LogP contribution in [0.4, 0.5) is 5.69 Å². The van der Waals surface area contributed by atoms with Gasteiger partial charge in [0.1, 0.15) is 0 Å². The third-order valence-electron chi connectivity index (χ3n) is 2.75. The largest absolute Gasteiger partial charge is 0.461 e. The highest BCUT2D eigenvalue weighted by Gasteiger charge is 2.04. The number of carbonyl (C=O) groups is 2. The maximum Gasteiger partial charge on any atom is 0.250 e. The SMILES string of the molecule is C=C(C)C(=O)Nc1ccc(/C=C/C(=O)c2ccco2)cc1. The Kier molecular flexibility index (Phi) is 4.51. The molecule has 4 nitrogen and oxygen atoms in total. The number of rotatable bonds is 5. The number of anilines is 1. The van der Waals surface area contributed by atoms with Crippen LogP contribution in [-0.4, -0.2) is 11.7 Å². The summed E-state index contributed by atoms with van der Waals surface area (Å²) >= 11 is 0. The van der Waals surface area contributed by atoms with E-state index in [4.69, 9.17) is 4.42 Å². The van der Waals surface area contributed by atoms with Crippen molar-refractivity contribution in [1.82, 2.24) is 0 Å². The van der Waals surface area contributed by atoms with E-state index < -0.39 is 0 Å². The molecule has 1 heterocycles. The standard InChI is InChI=1S/C17H15NO3/c1-12(2)17(20)18-14-8-5-13(6-9-14)7-10-15(19)16-4-3-11-21-16/h3-11H,1H2,2H3,(H,18,20)/b10-7+. The zero-order valence-electron chi connectivity index (χ0n) is 11.6. The van der Waals surface area contributed by atoms with Gasteiger partial charge in [-0.15, -0.1) is 0 Å². The van der Waals surface area contributed by atoms with Gasteiger partial charge in [-0.1, -0.05) is 24.8 Å². The number of hydrogen-bond acceptors (Lipinski definition) is 3. The van der Waals surface area contributed by atoms with Crippen LogP contribution in [0.5, 0.6) is 0 Å². The van der Waals surface area contributed by atoms with Crippen LogP contribution in [0.15, 0.2) is 65.3 Å². The van der Waals surface area contributed by atoms with Gasteiger partial charge in [-0.25, -0.2) is 0 Å². The quantitative estimate of drug-likeness (QED) is 0.671. The highest BCUT2D eigenvalue weighted by molar-refractivity contribution is 6.05. The van der Waals surface area contributed by atoms with Crippen LogP contribution in [-0.2, 0) is 4.79 Å². The molecule has 1 aromatic heterocycles. The number of hydrogen-bond donors (Lipinski definition) is 1. The minimum absolute atomic E-state index is 0.195. The smallest absolute Gasteiger partial charge is 0.250 e. The zero-order chi connectivity index (χ0) is 15.2. The molecule has 0 saturated heterocycles. The topological polar surface area (TPSA) is 59.3 Å². The molecule has 106 valence electrons. The van der Waals surface area contributed by atoms with Crippen molar-refractivity contribution in [2.24, 2.45) is 0 Å². The molecule has 1 aromatic carbocycles. The molecule has 0 aliphatic carbocycles. The van der Waals surface area contributed by atoms with Crippen LogP contribution in [0, 0.1) is 0 Å². The second-order valence-electron chi connectivity index (χ2n) is 4.53. The van der Waals surface area contributed by atoms with E-state index in [-0.39, 0.29) is 11.7 Å². The van der Waals surface area contributed by atoms with Crippen molar-refractivity contribution in [2.75, 3.05) is 5.32 Å². The Labute approximate surface area is 122 Å². The highest BCUT2D eigenvalue weighted by Crippen LogP contribution is 2.12. The van der Waals surface area contributed by atoms with E-state index in [0.29, 0.717) is 17.0 Å². The Morgan fingerprint density at radius 2 is 1.90 bits per heavy atom. The van der Waals surface area contributed by atoms with E-state index in [0.717, 1.165) is 5.56 Å². The molecule has 0 spiro atoms. The predicted molar refractivity (Wildman–Crippen MR) is 82.0 cm³/mol. The third-order valence-corrected chi connectivity index (χ3v) is 2.75. The van der Waals surface area contributed by atoms with Gasteiger partial charge in [0, 0.05) is 11.3 Å². The number of ketones is 1. The lowest BCUT2D eigenvalue weighted by molar-refractivity contribution is -0.112. The van der Waals surface area contributed by atoms with E-state index in [1.165, 1.54) is 12.3 Å². The van der Waals surface area contributed by atoms with Crippen LogP contribution in [0.25, 0.3) is 6.08 Å². The fourth-order valence-corrected chi connectivity index (χ4v) is 1.59. The van der Waals surface area contributed by atoms with Crippen molar-refractivity contribution in [2.45, 2.75) is 6.92 Å². The van der Waals surface area contributed by atoms with E-state index >= 15 is 0 Å². The molecule has 0 atom stereocenters. The lowest BCUT2D eigenvalue weighted by atomic mass is 10.1. The summed E-state index contributed by atoms with van der Waals surface area (Å²) in [7, 11) is 0. The second kappa shape index (κ2) is 6.52. The van der Waals surface area contributed by atoms with Crippen molar-refractivity contribution in [1.29, 1.82) is 0 Å². The molecule has 2 rings (SSSR count). The van der Waals surface area contributed by atoms with E-state index in [1.807, 2.05) is 0 Å². The molecular formula is C17H15NO3. The Balaban J connectivity index is 2.01. The molecule has 1 N–H and O–H groups in total. The summed E-state index contributed by atoms with van der Waals surface area (Å²) in [5, 5.41) is 2.71. The molecule has 0 aliphatic rings. The summed E-state index contributed by atoms with van der Waals surface area (Å²) in [6, 6.07) is 10.4. The molecule has 0 bridgehead atoms. The summed E-state index contributed by atoms with van der Waals surface area (Å²) in [5.74, 6) is -0.109. The van der Waals surface area contributed by atoms with Crippen LogP contribution in [0.3, 0.4) is 0 Å². The minimum Gasteiger partial charge on any atom is -0.461 e. The van der Waals surface area contributed by atoms with Gasteiger partial charge < -0.3 is 9.73 Å². The first-order valence-corrected chi connectivity index (χ1v) is 6.39. The average Bonchev–Trinajstić information content (AvgIpc) is 3.00. The second-order valence-corrected chi connectivity index (χ2v) is 4.53. The lowest BCUT2D eigenvalue weighted by Crippen LogP contribution is -2.11. The number of furan rings is 1. The molecular weight excluding hydrogens is 266 g/mol. The van der Waals surface area contributed by atoms with Gasteiger partial charge in [0.25, 0.3) is 5.91 Å². The number of amides is 1. The molecule has 0 fully saturated rings. The summed E-state index contributed by atoms with van der Waals surface area (Å²) in [5.41, 5.74) is 1.98. The fraction of sp³-hybridized carbons (Fsp3) is 0.0588. The van der Waals surface area contributed by atoms with E-state index in [9.17, 15) is 9.59 Å². The van der Waals surface area contributed by atoms with Crippen molar-refractivity contribution in [3.8, 4) is 0 Å². The summed E-state index contributed by atoms with van der Waals surface area (Å²) in [6.07, 6.45) is 4.59. The van der Waals surface area contributed by atoms with Crippen LogP contribution in [0.1, 0.15) is 23.0 Å². The van der Waals surface area contributed by atoms with Crippen LogP contribution < -0.4 is 5.32 Å². The number of allylic oxidation sites excluding steroid dienone is 1. The molecule has 2 aromatic rings. The summed E-state index contributed by atoms with van der Waals surface area (Å²) < 4.78 is 5.01. The first kappa shape index (κ1) is 14.5. The normalized spacial score (nSPS) is 10.5. The average molecular weight is 281 g/mol. The van der Waals surface area contributed by atoms with Gasteiger partial charge in [-0.05, 0) is 42.8 Å². The Morgan fingerprint density at radius 1 is 1.19 bits per heavy atom.